The zero-order valence-electron chi connectivity index (χ0n) is 18.7. The van der Waals surface area contributed by atoms with Crippen LogP contribution >= 0.6 is 11.8 Å². The predicted octanol–water partition coefficient (Wildman–Crippen LogP) is 5.48. The van der Waals surface area contributed by atoms with Gasteiger partial charge >= 0.3 is 0 Å². The van der Waals surface area contributed by atoms with Gasteiger partial charge in [-0.15, -0.1) is 11.8 Å². The van der Waals surface area contributed by atoms with E-state index in [4.69, 9.17) is 0 Å². The summed E-state index contributed by atoms with van der Waals surface area (Å²) < 4.78 is 0. The molecule has 5 nitrogen and oxygen atoms in total. The van der Waals surface area contributed by atoms with Gasteiger partial charge in [-0.3, -0.25) is 14.4 Å². The molecule has 4 rings (SSSR count). The maximum atomic E-state index is 13.6. The molecule has 0 aliphatic carbocycles. The van der Waals surface area contributed by atoms with Gasteiger partial charge in [0.1, 0.15) is 0 Å². The molecule has 1 N–H and O–H groups in total. The van der Waals surface area contributed by atoms with Gasteiger partial charge < -0.3 is 5.32 Å². The molecule has 1 heterocycles. The van der Waals surface area contributed by atoms with Crippen LogP contribution in [0.15, 0.2) is 77.7 Å². The first-order chi connectivity index (χ1) is 15.8. The Hall–Kier alpha value is -3.64. The molecule has 0 unspecified atom stereocenters. The van der Waals surface area contributed by atoms with Crippen molar-refractivity contribution >= 4 is 46.4 Å². The third-order valence-corrected chi connectivity index (χ3v) is 6.37. The van der Waals surface area contributed by atoms with Crippen LogP contribution in [0.4, 0.5) is 11.4 Å². The minimum absolute atomic E-state index is 0.172. The molecular formula is C27H24N2O3S. The van der Waals surface area contributed by atoms with Crippen LogP contribution in [0.1, 0.15) is 29.2 Å². The van der Waals surface area contributed by atoms with Crippen molar-refractivity contribution in [3.8, 4) is 0 Å². The molecule has 3 aromatic carbocycles. The van der Waals surface area contributed by atoms with Crippen LogP contribution < -0.4 is 10.2 Å². The third kappa shape index (κ3) is 4.91. The lowest BCUT2D eigenvalue weighted by molar-refractivity contribution is -0.120. The molecule has 166 valence electrons. The average molecular weight is 457 g/mol. The highest BCUT2D eigenvalue weighted by molar-refractivity contribution is 8.03. The summed E-state index contributed by atoms with van der Waals surface area (Å²) in [5, 5.41) is 2.73. The normalized spacial score (nSPS) is 13.6. The van der Waals surface area contributed by atoms with Crippen LogP contribution in [0.5, 0.6) is 0 Å². The Morgan fingerprint density at radius 2 is 1.52 bits per heavy atom. The number of nitrogens with zero attached hydrogens (tertiary/aromatic N) is 1. The number of anilines is 2. The highest BCUT2D eigenvalue weighted by Crippen LogP contribution is 2.40. The third-order valence-electron chi connectivity index (χ3n) is 5.23. The highest BCUT2D eigenvalue weighted by atomic mass is 32.2. The summed E-state index contributed by atoms with van der Waals surface area (Å²) in [6.07, 6.45) is 0. The fourth-order valence-electron chi connectivity index (χ4n) is 3.87. The van der Waals surface area contributed by atoms with Crippen LogP contribution in [0.3, 0.4) is 0 Å². The van der Waals surface area contributed by atoms with Crippen LogP contribution in [-0.2, 0) is 20.1 Å². The van der Waals surface area contributed by atoms with E-state index in [2.05, 4.69) is 5.32 Å². The Bertz CT molecular complexity index is 1240. The first-order valence-corrected chi connectivity index (χ1v) is 11.6. The second-order valence-electron chi connectivity index (χ2n) is 8.03. The average Bonchev–Trinajstić information content (AvgIpc) is 3.02. The van der Waals surface area contributed by atoms with Crippen molar-refractivity contribution in [3.05, 3.63) is 100.0 Å². The Morgan fingerprint density at radius 3 is 2.12 bits per heavy atom. The fourth-order valence-corrected chi connectivity index (χ4v) is 4.93. The number of nitrogens with one attached hydrogen (secondary N) is 1. The molecule has 33 heavy (non-hydrogen) atoms. The van der Waals surface area contributed by atoms with E-state index in [0.717, 1.165) is 16.7 Å². The van der Waals surface area contributed by atoms with Gasteiger partial charge in [-0.05, 0) is 60.4 Å². The van der Waals surface area contributed by atoms with E-state index < -0.39 is 0 Å². The predicted molar refractivity (Wildman–Crippen MR) is 134 cm³/mol. The smallest absolute Gasteiger partial charge is 0.272 e. The number of hydrogen-bond acceptors (Lipinski definition) is 4. The lowest BCUT2D eigenvalue weighted by Crippen LogP contribution is -2.31. The van der Waals surface area contributed by atoms with Crippen LogP contribution in [0.2, 0.25) is 0 Å². The minimum atomic E-state index is -0.340. The first-order valence-electron chi connectivity index (χ1n) is 10.6. The lowest BCUT2D eigenvalue weighted by atomic mass is 10.1. The molecule has 0 spiro atoms. The number of thioether (sulfide) groups is 1. The van der Waals surface area contributed by atoms with E-state index in [0.29, 0.717) is 33.2 Å². The Kier molecular flexibility index (Phi) is 6.47. The molecule has 0 radical (unpaired) electrons. The second kappa shape index (κ2) is 9.46. The van der Waals surface area contributed by atoms with E-state index >= 15 is 0 Å². The van der Waals surface area contributed by atoms with Gasteiger partial charge in [0.25, 0.3) is 11.8 Å². The summed E-state index contributed by atoms with van der Waals surface area (Å²) >= 11 is 1.37. The topological polar surface area (TPSA) is 66.5 Å². The number of imide groups is 1. The Labute approximate surface area is 197 Å². The zero-order chi connectivity index (χ0) is 23.5. The number of amides is 3. The Morgan fingerprint density at radius 1 is 0.879 bits per heavy atom. The molecule has 0 saturated carbocycles. The molecule has 0 saturated heterocycles. The summed E-state index contributed by atoms with van der Waals surface area (Å²) in [5.41, 5.74) is 5.27. The Balaban J connectivity index is 1.74. The second-order valence-corrected chi connectivity index (χ2v) is 9.01. The first kappa shape index (κ1) is 22.6. The molecule has 0 aromatic heterocycles. The molecule has 3 aromatic rings. The summed E-state index contributed by atoms with van der Waals surface area (Å²) in [4.78, 5) is 40.2. The van der Waals surface area contributed by atoms with Gasteiger partial charge in [-0.2, -0.15) is 0 Å². The fraction of sp³-hybridized carbons (Fsp3) is 0.148. The van der Waals surface area contributed by atoms with Crippen molar-refractivity contribution in [3.63, 3.8) is 0 Å². The van der Waals surface area contributed by atoms with Crippen molar-refractivity contribution in [1.29, 1.82) is 0 Å². The number of benzene rings is 3. The molecule has 6 heteroatoms. The maximum absolute atomic E-state index is 13.6. The number of aryl methyl sites for hydroxylation is 2. The number of carbonyl (C=O) groups excluding carboxylic acids is 3. The van der Waals surface area contributed by atoms with Gasteiger partial charge in [0.2, 0.25) is 5.91 Å². The maximum Gasteiger partial charge on any atom is 0.272 e. The molecule has 1 aliphatic heterocycles. The largest absolute Gasteiger partial charge is 0.326 e. The minimum Gasteiger partial charge on any atom is -0.326 e. The van der Waals surface area contributed by atoms with Gasteiger partial charge in [-0.1, -0.05) is 48.5 Å². The van der Waals surface area contributed by atoms with Crippen molar-refractivity contribution in [2.24, 2.45) is 0 Å². The summed E-state index contributed by atoms with van der Waals surface area (Å²) in [6, 6.07) is 22.6. The molecule has 0 bridgehead atoms. The van der Waals surface area contributed by atoms with Gasteiger partial charge in [0, 0.05) is 18.4 Å². The van der Waals surface area contributed by atoms with Gasteiger partial charge in [0.05, 0.1) is 16.2 Å². The van der Waals surface area contributed by atoms with Crippen molar-refractivity contribution in [2.45, 2.75) is 26.5 Å². The van der Waals surface area contributed by atoms with E-state index in [1.165, 1.54) is 23.6 Å². The monoisotopic (exact) mass is 456 g/mol. The van der Waals surface area contributed by atoms with Crippen LogP contribution in [0, 0.1) is 13.8 Å². The van der Waals surface area contributed by atoms with Crippen LogP contribution in [-0.4, -0.2) is 17.7 Å². The van der Waals surface area contributed by atoms with Crippen molar-refractivity contribution in [1.82, 2.24) is 0 Å². The summed E-state index contributed by atoms with van der Waals surface area (Å²) in [7, 11) is 0. The standard InChI is InChI=1S/C27H24N2O3S/c1-17-13-18(2)15-23(14-17)29-26(31)24(21-9-11-22(12-10-21)28-19(3)30)25(27(29)32)33-16-20-7-5-4-6-8-20/h4-15H,16H2,1-3H3,(H,28,30). The van der Waals surface area contributed by atoms with Crippen molar-refractivity contribution in [2.75, 3.05) is 10.2 Å². The zero-order valence-corrected chi connectivity index (χ0v) is 19.5. The lowest BCUT2D eigenvalue weighted by Gasteiger charge is -2.17. The highest BCUT2D eigenvalue weighted by Gasteiger charge is 2.40. The van der Waals surface area contributed by atoms with Gasteiger partial charge in [0.15, 0.2) is 0 Å². The van der Waals surface area contributed by atoms with E-state index in [1.54, 1.807) is 24.3 Å². The summed E-state index contributed by atoms with van der Waals surface area (Å²) in [5.74, 6) is -0.252. The summed E-state index contributed by atoms with van der Waals surface area (Å²) in [6.45, 7) is 5.33. The van der Waals surface area contributed by atoms with E-state index in [-0.39, 0.29) is 17.7 Å². The number of rotatable bonds is 6. The van der Waals surface area contributed by atoms with Gasteiger partial charge in [-0.25, -0.2) is 4.90 Å². The molecule has 1 aliphatic rings. The van der Waals surface area contributed by atoms with E-state index in [9.17, 15) is 14.4 Å². The molecule has 0 fully saturated rings. The molecular weight excluding hydrogens is 432 g/mol. The van der Waals surface area contributed by atoms with Crippen LogP contribution in [0.25, 0.3) is 5.57 Å². The van der Waals surface area contributed by atoms with E-state index in [1.807, 2.05) is 62.4 Å². The number of hydrogen-bond donors (Lipinski definition) is 1. The van der Waals surface area contributed by atoms with Crippen molar-refractivity contribution < 1.29 is 14.4 Å². The SMILES string of the molecule is CC(=O)Nc1ccc(C2=C(SCc3ccccc3)C(=O)N(c3cc(C)cc(C)c3)C2=O)cc1. The quantitative estimate of drug-likeness (QED) is 0.499. The number of carbonyl (C=O) groups is 3. The molecule has 3 amide bonds. The molecule has 0 atom stereocenters.